The number of halogens is 1. The number of benzene rings is 1. The van der Waals surface area contributed by atoms with Gasteiger partial charge in [-0.1, -0.05) is 15.9 Å². The number of anilines is 1. The largest absolute Gasteiger partial charge is 0.278 e. The lowest BCUT2D eigenvalue weighted by atomic mass is 10.4. The lowest BCUT2D eigenvalue weighted by Gasteiger charge is -2.07. The number of nitrogens with one attached hydrogen (secondary N) is 1. The minimum atomic E-state index is -3.54. The smallest absolute Gasteiger partial charge is 0.261 e. The SMILES string of the molecule is O=S(=O)(Nc1cccnc1)c1ccc(Br)cc1. The van der Waals surface area contributed by atoms with Crippen molar-refractivity contribution in [3.63, 3.8) is 0 Å². The third-order valence-electron chi connectivity index (χ3n) is 2.04. The maximum Gasteiger partial charge on any atom is 0.261 e. The topological polar surface area (TPSA) is 59.1 Å². The number of pyridine rings is 1. The molecule has 0 spiro atoms. The molecule has 0 fully saturated rings. The summed E-state index contributed by atoms with van der Waals surface area (Å²) in [5.74, 6) is 0. The van der Waals surface area contributed by atoms with E-state index in [-0.39, 0.29) is 4.90 Å². The van der Waals surface area contributed by atoms with Crippen molar-refractivity contribution in [2.45, 2.75) is 4.90 Å². The number of hydrogen-bond donors (Lipinski definition) is 1. The molecule has 1 heterocycles. The molecule has 17 heavy (non-hydrogen) atoms. The first kappa shape index (κ1) is 12.1. The summed E-state index contributed by atoms with van der Waals surface area (Å²) in [5, 5.41) is 0. The van der Waals surface area contributed by atoms with E-state index in [1.807, 2.05) is 0 Å². The van der Waals surface area contributed by atoms with Gasteiger partial charge in [-0.2, -0.15) is 0 Å². The maximum absolute atomic E-state index is 12.0. The molecule has 88 valence electrons. The van der Waals surface area contributed by atoms with E-state index in [9.17, 15) is 8.42 Å². The Kier molecular flexibility index (Phi) is 3.44. The van der Waals surface area contributed by atoms with E-state index >= 15 is 0 Å². The molecule has 1 aromatic carbocycles. The van der Waals surface area contributed by atoms with E-state index < -0.39 is 10.0 Å². The van der Waals surface area contributed by atoms with Crippen molar-refractivity contribution in [2.75, 3.05) is 4.72 Å². The van der Waals surface area contributed by atoms with E-state index in [1.54, 1.807) is 30.5 Å². The van der Waals surface area contributed by atoms with E-state index in [0.717, 1.165) is 4.47 Å². The molecule has 0 aliphatic carbocycles. The Morgan fingerprint density at radius 2 is 1.82 bits per heavy atom. The van der Waals surface area contributed by atoms with Gasteiger partial charge in [0.05, 0.1) is 16.8 Å². The lowest BCUT2D eigenvalue weighted by Crippen LogP contribution is -2.12. The Morgan fingerprint density at radius 1 is 1.12 bits per heavy atom. The molecule has 0 aliphatic rings. The zero-order valence-electron chi connectivity index (χ0n) is 8.67. The lowest BCUT2D eigenvalue weighted by molar-refractivity contribution is 0.601. The molecule has 6 heteroatoms. The van der Waals surface area contributed by atoms with Crippen LogP contribution in [0.25, 0.3) is 0 Å². The van der Waals surface area contributed by atoms with Crippen molar-refractivity contribution in [3.8, 4) is 0 Å². The van der Waals surface area contributed by atoms with Crippen LogP contribution in [0.2, 0.25) is 0 Å². The highest BCUT2D eigenvalue weighted by Gasteiger charge is 2.13. The van der Waals surface area contributed by atoms with Gasteiger partial charge in [-0.05, 0) is 36.4 Å². The summed E-state index contributed by atoms with van der Waals surface area (Å²) in [6.07, 6.45) is 3.04. The zero-order chi connectivity index (χ0) is 12.3. The van der Waals surface area contributed by atoms with Gasteiger partial charge in [0.15, 0.2) is 0 Å². The van der Waals surface area contributed by atoms with Gasteiger partial charge in [-0.25, -0.2) is 8.42 Å². The van der Waals surface area contributed by atoms with Crippen molar-refractivity contribution < 1.29 is 8.42 Å². The number of nitrogens with zero attached hydrogens (tertiary/aromatic N) is 1. The Labute approximate surface area is 108 Å². The zero-order valence-corrected chi connectivity index (χ0v) is 11.1. The second-order valence-electron chi connectivity index (χ2n) is 3.30. The molecule has 0 saturated carbocycles. The Balaban J connectivity index is 2.29. The molecule has 1 N–H and O–H groups in total. The predicted molar refractivity (Wildman–Crippen MR) is 69.2 cm³/mol. The summed E-state index contributed by atoms with van der Waals surface area (Å²) >= 11 is 3.25. The third kappa shape index (κ3) is 3.04. The van der Waals surface area contributed by atoms with Crippen molar-refractivity contribution in [2.24, 2.45) is 0 Å². The van der Waals surface area contributed by atoms with Crippen LogP contribution in [0.3, 0.4) is 0 Å². The number of aromatic nitrogens is 1. The molecule has 0 amide bonds. The van der Waals surface area contributed by atoms with Crippen LogP contribution in [0.4, 0.5) is 5.69 Å². The van der Waals surface area contributed by atoms with Crippen LogP contribution in [-0.2, 0) is 10.0 Å². The van der Waals surface area contributed by atoms with Gasteiger partial charge in [0, 0.05) is 10.7 Å². The first-order valence-electron chi connectivity index (χ1n) is 4.76. The Bertz CT molecular complexity index is 597. The van der Waals surface area contributed by atoms with Crippen molar-refractivity contribution in [1.29, 1.82) is 0 Å². The fourth-order valence-corrected chi connectivity index (χ4v) is 2.56. The molecule has 0 unspecified atom stereocenters. The second kappa shape index (κ2) is 4.85. The van der Waals surface area contributed by atoms with Crippen LogP contribution in [0.1, 0.15) is 0 Å². The predicted octanol–water partition coefficient (Wildman–Crippen LogP) is 2.64. The summed E-state index contributed by atoms with van der Waals surface area (Å²) in [4.78, 5) is 4.05. The molecule has 0 bridgehead atoms. The number of rotatable bonds is 3. The highest BCUT2D eigenvalue weighted by atomic mass is 79.9. The average molecular weight is 313 g/mol. The highest BCUT2D eigenvalue weighted by Crippen LogP contribution is 2.17. The first-order valence-corrected chi connectivity index (χ1v) is 7.04. The fraction of sp³-hybridized carbons (Fsp3) is 0. The van der Waals surface area contributed by atoms with Gasteiger partial charge < -0.3 is 0 Å². The third-order valence-corrected chi connectivity index (χ3v) is 3.96. The number of hydrogen-bond acceptors (Lipinski definition) is 3. The van der Waals surface area contributed by atoms with E-state index in [4.69, 9.17) is 0 Å². The first-order chi connectivity index (χ1) is 8.08. The molecule has 2 rings (SSSR count). The summed E-state index contributed by atoms with van der Waals surface area (Å²) < 4.78 is 27.2. The molecule has 4 nitrogen and oxygen atoms in total. The van der Waals surface area contributed by atoms with Crippen LogP contribution in [0, 0.1) is 0 Å². The average Bonchev–Trinajstić information content (AvgIpc) is 2.30. The van der Waals surface area contributed by atoms with E-state index in [0.29, 0.717) is 5.69 Å². The normalized spacial score (nSPS) is 11.1. The molecular weight excluding hydrogens is 304 g/mol. The molecule has 0 saturated heterocycles. The van der Waals surface area contributed by atoms with Crippen LogP contribution in [0.5, 0.6) is 0 Å². The highest BCUT2D eigenvalue weighted by molar-refractivity contribution is 9.10. The van der Waals surface area contributed by atoms with Crippen LogP contribution in [0.15, 0.2) is 58.2 Å². The molecule has 0 radical (unpaired) electrons. The van der Waals surface area contributed by atoms with Gasteiger partial charge in [0.25, 0.3) is 10.0 Å². The Morgan fingerprint density at radius 3 is 2.41 bits per heavy atom. The monoisotopic (exact) mass is 312 g/mol. The number of sulfonamides is 1. The van der Waals surface area contributed by atoms with Gasteiger partial charge in [0.2, 0.25) is 0 Å². The summed E-state index contributed by atoms with van der Waals surface area (Å²) in [5.41, 5.74) is 0.440. The van der Waals surface area contributed by atoms with Crippen LogP contribution in [-0.4, -0.2) is 13.4 Å². The van der Waals surface area contributed by atoms with Crippen molar-refractivity contribution in [3.05, 3.63) is 53.3 Å². The standard InChI is InChI=1S/C11H9BrN2O2S/c12-9-3-5-11(6-4-9)17(15,16)14-10-2-1-7-13-8-10/h1-8,14H. The van der Waals surface area contributed by atoms with Crippen LogP contribution >= 0.6 is 15.9 Å². The van der Waals surface area contributed by atoms with Crippen molar-refractivity contribution in [1.82, 2.24) is 4.98 Å². The summed E-state index contributed by atoms with van der Waals surface area (Å²) in [6, 6.07) is 9.73. The molecule has 0 aliphatic heterocycles. The van der Waals surface area contributed by atoms with Gasteiger partial charge in [-0.3, -0.25) is 9.71 Å². The Hall–Kier alpha value is -1.40. The van der Waals surface area contributed by atoms with Gasteiger partial charge >= 0.3 is 0 Å². The van der Waals surface area contributed by atoms with Gasteiger partial charge in [0.1, 0.15) is 0 Å². The second-order valence-corrected chi connectivity index (χ2v) is 5.90. The van der Waals surface area contributed by atoms with E-state index in [1.165, 1.54) is 18.3 Å². The quantitative estimate of drug-likeness (QED) is 0.947. The van der Waals surface area contributed by atoms with Gasteiger partial charge in [-0.15, -0.1) is 0 Å². The fourth-order valence-electron chi connectivity index (χ4n) is 1.25. The molecule has 2 aromatic rings. The van der Waals surface area contributed by atoms with Crippen LogP contribution < -0.4 is 4.72 Å². The van der Waals surface area contributed by atoms with E-state index in [2.05, 4.69) is 25.6 Å². The molecule has 1 aromatic heterocycles. The minimum absolute atomic E-state index is 0.213. The summed E-state index contributed by atoms with van der Waals surface area (Å²) in [6.45, 7) is 0. The summed E-state index contributed by atoms with van der Waals surface area (Å²) in [7, 11) is -3.54. The molecular formula is C11H9BrN2O2S. The minimum Gasteiger partial charge on any atom is -0.278 e. The maximum atomic E-state index is 12.0. The molecule has 0 atom stereocenters. The van der Waals surface area contributed by atoms with Crippen molar-refractivity contribution >= 4 is 31.6 Å².